The maximum absolute atomic E-state index is 6.53. The number of allylic oxidation sites excluding steroid dienone is 3. The molecule has 0 aliphatic rings. The Bertz CT molecular complexity index is 2780. The Morgan fingerprint density at radius 2 is 1.10 bits per heavy atom. The Labute approximate surface area is 298 Å². The first-order chi connectivity index (χ1) is 25.2. The molecule has 0 unspecified atom stereocenters. The van der Waals surface area contributed by atoms with Gasteiger partial charge in [-0.2, -0.15) is 0 Å². The van der Waals surface area contributed by atoms with Crippen LogP contribution in [-0.4, -0.2) is 4.57 Å². The summed E-state index contributed by atoms with van der Waals surface area (Å²) >= 11 is 0. The molecule has 0 aliphatic carbocycles. The first-order valence-electron chi connectivity index (χ1n) is 17.5. The molecule has 0 saturated heterocycles. The molecule has 0 radical (unpaired) electrons. The lowest BCUT2D eigenvalue weighted by atomic mass is 9.92. The highest BCUT2D eigenvalue weighted by molar-refractivity contribution is 6.19. The minimum Gasteiger partial charge on any atom is -0.398 e. The highest BCUT2D eigenvalue weighted by Gasteiger charge is 2.17. The van der Waals surface area contributed by atoms with Gasteiger partial charge in [-0.1, -0.05) is 158 Å². The molecule has 0 aliphatic heterocycles. The molecule has 2 N–H and O–H groups in total. The number of rotatable bonds is 6. The zero-order chi connectivity index (χ0) is 34.3. The van der Waals surface area contributed by atoms with Crippen LogP contribution in [0.2, 0.25) is 0 Å². The second kappa shape index (κ2) is 12.7. The molecule has 0 fully saturated rings. The van der Waals surface area contributed by atoms with E-state index in [-0.39, 0.29) is 0 Å². The van der Waals surface area contributed by atoms with E-state index in [9.17, 15) is 0 Å². The van der Waals surface area contributed by atoms with Crippen molar-refractivity contribution in [3.63, 3.8) is 0 Å². The van der Waals surface area contributed by atoms with Crippen LogP contribution in [0.1, 0.15) is 12.5 Å². The van der Waals surface area contributed by atoms with Crippen molar-refractivity contribution in [1.82, 2.24) is 4.57 Å². The Morgan fingerprint density at radius 1 is 0.490 bits per heavy atom. The fraction of sp³-hybridized carbons (Fsp3) is 0.0204. The van der Waals surface area contributed by atoms with Crippen LogP contribution in [0, 0.1) is 0 Å². The Hall–Kier alpha value is -6.64. The van der Waals surface area contributed by atoms with Gasteiger partial charge < -0.3 is 10.3 Å². The zero-order valence-corrected chi connectivity index (χ0v) is 28.4. The molecular weight excluding hydrogens is 617 g/mol. The lowest BCUT2D eigenvalue weighted by Gasteiger charge is -2.14. The summed E-state index contributed by atoms with van der Waals surface area (Å²) in [6.45, 7) is 2.00. The summed E-state index contributed by atoms with van der Waals surface area (Å²) in [7, 11) is 0. The second-order valence-electron chi connectivity index (χ2n) is 13.1. The van der Waals surface area contributed by atoms with Crippen molar-refractivity contribution in [2.75, 3.05) is 0 Å². The van der Waals surface area contributed by atoms with E-state index in [1.165, 1.54) is 71.3 Å². The van der Waals surface area contributed by atoms with Gasteiger partial charge in [-0.15, -0.1) is 0 Å². The van der Waals surface area contributed by atoms with Gasteiger partial charge in [0.1, 0.15) is 0 Å². The van der Waals surface area contributed by atoms with Crippen LogP contribution in [-0.2, 0) is 0 Å². The van der Waals surface area contributed by atoms with Gasteiger partial charge in [0.15, 0.2) is 0 Å². The van der Waals surface area contributed by atoms with Crippen molar-refractivity contribution >= 4 is 49.0 Å². The Balaban J connectivity index is 1.21. The Kier molecular flexibility index (Phi) is 7.56. The molecule has 2 nitrogen and oxygen atoms in total. The van der Waals surface area contributed by atoms with Crippen LogP contribution >= 0.6 is 0 Å². The van der Waals surface area contributed by atoms with Gasteiger partial charge in [0, 0.05) is 33.1 Å². The van der Waals surface area contributed by atoms with E-state index >= 15 is 0 Å². The van der Waals surface area contributed by atoms with E-state index in [4.69, 9.17) is 5.73 Å². The van der Waals surface area contributed by atoms with E-state index in [1.54, 1.807) is 0 Å². The highest BCUT2D eigenvalue weighted by Crippen LogP contribution is 2.40. The molecule has 242 valence electrons. The minimum atomic E-state index is 0.762. The molecule has 0 spiro atoms. The Morgan fingerprint density at radius 3 is 1.86 bits per heavy atom. The van der Waals surface area contributed by atoms with Crippen LogP contribution in [0.3, 0.4) is 0 Å². The second-order valence-corrected chi connectivity index (χ2v) is 13.1. The summed E-state index contributed by atoms with van der Waals surface area (Å²) in [6, 6.07) is 61.5. The largest absolute Gasteiger partial charge is 0.398 e. The fourth-order valence-corrected chi connectivity index (χ4v) is 7.61. The van der Waals surface area contributed by atoms with Crippen LogP contribution in [0.15, 0.2) is 188 Å². The molecule has 8 aromatic carbocycles. The van der Waals surface area contributed by atoms with E-state index in [2.05, 4.69) is 174 Å². The first kappa shape index (κ1) is 30.4. The van der Waals surface area contributed by atoms with Gasteiger partial charge in [-0.05, 0) is 86.8 Å². The van der Waals surface area contributed by atoms with E-state index in [0.717, 1.165) is 22.3 Å². The number of hydrogen-bond donors (Lipinski definition) is 1. The third-order valence-corrected chi connectivity index (χ3v) is 10.1. The third kappa shape index (κ3) is 5.29. The molecule has 51 heavy (non-hydrogen) atoms. The normalized spacial score (nSPS) is 12.1. The lowest BCUT2D eigenvalue weighted by molar-refractivity contribution is 1.19. The maximum atomic E-state index is 6.53. The molecular formula is C49H36N2. The number of nitrogens with zero attached hydrogens (tertiary/aromatic N) is 1. The number of nitrogens with two attached hydrogens (primary N) is 1. The molecule has 0 amide bonds. The van der Waals surface area contributed by atoms with Crippen molar-refractivity contribution in [2.24, 2.45) is 5.73 Å². The van der Waals surface area contributed by atoms with Gasteiger partial charge in [-0.25, -0.2) is 0 Å². The van der Waals surface area contributed by atoms with Crippen molar-refractivity contribution in [1.29, 1.82) is 0 Å². The minimum absolute atomic E-state index is 0.762. The topological polar surface area (TPSA) is 30.9 Å². The predicted octanol–water partition coefficient (Wildman–Crippen LogP) is 13.0. The summed E-state index contributed by atoms with van der Waals surface area (Å²) in [6.07, 6.45) is 5.95. The van der Waals surface area contributed by atoms with Gasteiger partial charge in [0.2, 0.25) is 0 Å². The maximum Gasteiger partial charge on any atom is 0.0619 e. The van der Waals surface area contributed by atoms with E-state index < -0.39 is 0 Å². The predicted molar refractivity (Wildman–Crippen MR) is 219 cm³/mol. The zero-order valence-electron chi connectivity index (χ0n) is 28.4. The van der Waals surface area contributed by atoms with Crippen molar-refractivity contribution in [2.45, 2.75) is 6.92 Å². The molecule has 1 heterocycles. The third-order valence-electron chi connectivity index (χ3n) is 10.1. The summed E-state index contributed by atoms with van der Waals surface area (Å²) in [5.74, 6) is 0. The van der Waals surface area contributed by atoms with Crippen molar-refractivity contribution in [3.05, 3.63) is 194 Å². The highest BCUT2D eigenvalue weighted by atomic mass is 15.0. The molecule has 9 rings (SSSR count). The summed E-state index contributed by atoms with van der Waals surface area (Å²) in [4.78, 5) is 0. The standard InChI is InChI=1S/C49H36N2/c1-2-3-18-47(50)44-30-29-40(42-16-10-11-17-43(42)44)37-24-26-41-38(31-37)25-28-46-45-27-23-36(32-48(45)51(49(41)46)39-14-8-5-9-15-39)35-21-19-34(20-22-35)33-12-6-4-7-13-33/h2-32H,50H2,1H3/b3-2-,47-18-. The molecule has 0 atom stereocenters. The number of benzene rings is 8. The van der Waals surface area contributed by atoms with Crippen LogP contribution < -0.4 is 5.73 Å². The van der Waals surface area contributed by atoms with Crippen molar-refractivity contribution < 1.29 is 0 Å². The monoisotopic (exact) mass is 652 g/mol. The number of para-hydroxylation sites is 1. The smallest absolute Gasteiger partial charge is 0.0619 e. The number of fused-ring (bicyclic) bond motifs is 6. The van der Waals surface area contributed by atoms with Gasteiger partial charge in [-0.3, -0.25) is 0 Å². The van der Waals surface area contributed by atoms with Gasteiger partial charge in [0.25, 0.3) is 0 Å². The first-order valence-corrected chi connectivity index (χ1v) is 17.5. The average Bonchev–Trinajstić information content (AvgIpc) is 3.54. The van der Waals surface area contributed by atoms with Gasteiger partial charge in [0.05, 0.1) is 11.0 Å². The SMILES string of the molecule is C/C=C\C=C(/N)c1ccc(-c2ccc3c(ccc4c5ccc(-c6ccc(-c7ccccc7)cc6)cc5n(-c5ccccc5)c34)c2)c2ccccc12. The average molecular weight is 653 g/mol. The quantitative estimate of drug-likeness (QED) is 0.178. The van der Waals surface area contributed by atoms with Crippen LogP contribution in [0.5, 0.6) is 0 Å². The van der Waals surface area contributed by atoms with Crippen LogP contribution in [0.4, 0.5) is 0 Å². The molecule has 9 aromatic rings. The molecule has 2 heteroatoms. The molecule has 0 bridgehead atoms. The summed E-state index contributed by atoms with van der Waals surface area (Å²) in [5, 5.41) is 7.27. The number of aromatic nitrogens is 1. The fourth-order valence-electron chi connectivity index (χ4n) is 7.61. The van der Waals surface area contributed by atoms with E-state index in [1.807, 2.05) is 25.2 Å². The van der Waals surface area contributed by atoms with Crippen molar-refractivity contribution in [3.8, 4) is 39.1 Å². The lowest BCUT2D eigenvalue weighted by Crippen LogP contribution is -1.97. The molecule has 0 saturated carbocycles. The summed E-state index contributed by atoms with van der Waals surface area (Å²) < 4.78 is 2.44. The van der Waals surface area contributed by atoms with Crippen LogP contribution in [0.25, 0.3) is 88.1 Å². The summed E-state index contributed by atoms with van der Waals surface area (Å²) in [5.41, 5.74) is 19.1. The van der Waals surface area contributed by atoms with Gasteiger partial charge >= 0.3 is 0 Å². The van der Waals surface area contributed by atoms with E-state index in [0.29, 0.717) is 0 Å². The number of hydrogen-bond acceptors (Lipinski definition) is 1. The molecule has 1 aromatic heterocycles.